The van der Waals surface area contributed by atoms with E-state index in [0.29, 0.717) is 0 Å². The molecule has 2 heteroatoms. The molecule has 0 aromatic heterocycles. The van der Waals surface area contributed by atoms with Crippen LogP contribution in [0.1, 0.15) is 36.1 Å². The maximum Gasteiger partial charge on any atom is 0.149 e. The highest BCUT2D eigenvalue weighted by atomic mass is 16.2. The quantitative estimate of drug-likeness (QED) is 0.315. The van der Waals surface area contributed by atoms with Gasteiger partial charge in [0.25, 0.3) is 0 Å². The Kier molecular flexibility index (Phi) is 4.49. The van der Waals surface area contributed by atoms with E-state index >= 15 is 0 Å². The van der Waals surface area contributed by atoms with Gasteiger partial charge in [0.15, 0.2) is 0 Å². The minimum atomic E-state index is -0.862. The van der Waals surface area contributed by atoms with E-state index in [0.717, 1.165) is 33.4 Å². The van der Waals surface area contributed by atoms with E-state index in [1.54, 1.807) is 0 Å². The van der Waals surface area contributed by atoms with E-state index in [4.69, 9.17) is 0 Å². The van der Waals surface area contributed by atoms with Crippen LogP contribution >= 0.6 is 0 Å². The lowest BCUT2D eigenvalue weighted by atomic mass is 9.47. The number of Topliss-reactive ketones (excluding diaryl/α,β-unsaturated/α-hetero) is 2. The molecule has 0 radical (unpaired) electrons. The fourth-order valence-electron chi connectivity index (χ4n) is 7.94. The number of hydrogen-bond acceptors (Lipinski definition) is 2. The molecule has 3 aliphatic carbocycles. The molecule has 4 aromatic rings. The standard InChI is InChI=1S/C35H28O2/c1-33-28(24-17-9-4-10-18-24)27(23-15-7-3-8-16-23)29(33)31(36)34(2)30(32(33)37)35(34,25-19-11-5-12-20-25)26-21-13-6-14-22-26/h3-22,29-30H,1-2H3/t29-,30+,33-,34+/m0/s1. The van der Waals surface area contributed by atoms with Crippen LogP contribution in [-0.4, -0.2) is 11.6 Å². The summed E-state index contributed by atoms with van der Waals surface area (Å²) in [5, 5.41) is 0. The van der Waals surface area contributed by atoms with E-state index in [1.165, 1.54) is 0 Å². The van der Waals surface area contributed by atoms with Crippen LogP contribution in [0.4, 0.5) is 0 Å². The average molecular weight is 481 g/mol. The Balaban J connectivity index is 1.49. The number of fused-ring (bicyclic) bond motifs is 2. The third-order valence-electron chi connectivity index (χ3n) is 9.55. The van der Waals surface area contributed by atoms with Crippen LogP contribution < -0.4 is 0 Å². The molecule has 4 atom stereocenters. The summed E-state index contributed by atoms with van der Waals surface area (Å²) in [5.41, 5.74) is 3.81. The van der Waals surface area contributed by atoms with Crippen molar-refractivity contribution in [1.82, 2.24) is 0 Å². The van der Waals surface area contributed by atoms with Gasteiger partial charge in [-0.15, -0.1) is 0 Å². The molecule has 180 valence electrons. The zero-order valence-electron chi connectivity index (χ0n) is 21.0. The van der Waals surface area contributed by atoms with Gasteiger partial charge in [0.05, 0.1) is 16.7 Å². The van der Waals surface area contributed by atoms with Gasteiger partial charge >= 0.3 is 0 Å². The minimum absolute atomic E-state index is 0.186. The molecule has 0 heterocycles. The second kappa shape index (κ2) is 7.49. The molecular weight excluding hydrogens is 452 g/mol. The van der Waals surface area contributed by atoms with Gasteiger partial charge in [-0.2, -0.15) is 0 Å². The highest BCUT2D eigenvalue weighted by Crippen LogP contribution is 2.81. The Morgan fingerprint density at radius 2 is 0.973 bits per heavy atom. The zero-order chi connectivity index (χ0) is 25.4. The topological polar surface area (TPSA) is 34.1 Å². The van der Waals surface area contributed by atoms with Crippen LogP contribution in [0, 0.1) is 22.7 Å². The van der Waals surface area contributed by atoms with Crippen molar-refractivity contribution in [3.05, 3.63) is 144 Å². The Morgan fingerprint density at radius 3 is 1.46 bits per heavy atom. The maximum atomic E-state index is 14.8. The first-order valence-corrected chi connectivity index (χ1v) is 13.0. The highest BCUT2D eigenvalue weighted by Gasteiger charge is 2.87. The van der Waals surface area contributed by atoms with E-state index in [9.17, 15) is 9.59 Å². The lowest BCUT2D eigenvalue weighted by Gasteiger charge is -2.52. The molecule has 0 amide bonds. The van der Waals surface area contributed by atoms with E-state index in [2.05, 4.69) is 48.5 Å². The van der Waals surface area contributed by atoms with Crippen molar-refractivity contribution >= 4 is 22.7 Å². The average Bonchev–Trinajstić information content (AvgIpc) is 3.54. The second-order valence-corrected chi connectivity index (χ2v) is 11.1. The van der Waals surface area contributed by atoms with Crippen LogP contribution in [0.25, 0.3) is 11.1 Å². The second-order valence-electron chi connectivity index (χ2n) is 11.1. The Hall–Kier alpha value is -4.04. The Morgan fingerprint density at radius 1 is 0.541 bits per heavy atom. The molecule has 3 aliphatic rings. The molecule has 0 spiro atoms. The van der Waals surface area contributed by atoms with Crippen LogP contribution in [0.2, 0.25) is 0 Å². The summed E-state index contributed by atoms with van der Waals surface area (Å²) in [6, 6.07) is 40.7. The first-order valence-electron chi connectivity index (χ1n) is 13.0. The number of ketones is 2. The lowest BCUT2D eigenvalue weighted by molar-refractivity contribution is -0.143. The third kappa shape index (κ3) is 2.51. The molecule has 7 rings (SSSR count). The smallest absolute Gasteiger partial charge is 0.149 e. The molecule has 0 N–H and O–H groups in total. The van der Waals surface area contributed by atoms with Crippen LogP contribution in [-0.2, 0) is 15.0 Å². The van der Waals surface area contributed by atoms with E-state index in [-0.39, 0.29) is 11.6 Å². The van der Waals surface area contributed by atoms with Gasteiger partial charge in [-0.05, 0) is 40.3 Å². The van der Waals surface area contributed by atoms with Crippen molar-refractivity contribution in [2.75, 3.05) is 0 Å². The Bertz CT molecular complexity index is 1530. The molecule has 0 unspecified atom stereocenters. The van der Waals surface area contributed by atoms with Crippen molar-refractivity contribution in [3.8, 4) is 0 Å². The van der Waals surface area contributed by atoms with Gasteiger partial charge in [0.1, 0.15) is 11.6 Å². The fraction of sp³-hybridized carbons (Fsp3) is 0.200. The molecule has 0 aliphatic heterocycles. The summed E-state index contributed by atoms with van der Waals surface area (Å²) in [6.07, 6.45) is 0. The molecule has 2 fully saturated rings. The van der Waals surface area contributed by atoms with Gasteiger partial charge in [0, 0.05) is 11.3 Å². The lowest BCUT2D eigenvalue weighted by Crippen LogP contribution is -2.55. The number of benzene rings is 4. The molecular formula is C35H28O2. The summed E-state index contributed by atoms with van der Waals surface area (Å²) >= 11 is 0. The SMILES string of the molecule is C[C@@]12C(=O)[C@H]3C(c4ccccc4)(c4ccccc4)[C@@]3(C)C(=O)[C@@H]1C(c1ccccc1)=C2c1ccccc1. The summed E-state index contributed by atoms with van der Waals surface area (Å²) in [5.74, 6) is -0.501. The largest absolute Gasteiger partial charge is 0.298 e. The fourth-order valence-corrected chi connectivity index (χ4v) is 7.94. The van der Waals surface area contributed by atoms with Crippen LogP contribution in [0.15, 0.2) is 121 Å². The number of carbonyl (C=O) groups is 2. The monoisotopic (exact) mass is 480 g/mol. The molecule has 37 heavy (non-hydrogen) atoms. The summed E-state index contributed by atoms with van der Waals surface area (Å²) in [6.45, 7) is 4.06. The molecule has 0 saturated heterocycles. The summed E-state index contributed by atoms with van der Waals surface area (Å²) in [7, 11) is 0. The highest BCUT2D eigenvalue weighted by molar-refractivity contribution is 6.28. The predicted molar refractivity (Wildman–Crippen MR) is 147 cm³/mol. The predicted octanol–water partition coefficient (Wildman–Crippen LogP) is 7.01. The number of hydrogen-bond donors (Lipinski definition) is 0. The van der Waals surface area contributed by atoms with Gasteiger partial charge < -0.3 is 0 Å². The number of rotatable bonds is 4. The van der Waals surface area contributed by atoms with Gasteiger partial charge in [-0.3, -0.25) is 9.59 Å². The van der Waals surface area contributed by atoms with Crippen molar-refractivity contribution in [2.45, 2.75) is 19.3 Å². The molecule has 2 saturated carbocycles. The molecule has 4 aromatic carbocycles. The summed E-state index contributed by atoms with van der Waals surface area (Å²) in [4.78, 5) is 29.7. The number of allylic oxidation sites excluding steroid dienone is 2. The third-order valence-corrected chi connectivity index (χ3v) is 9.55. The van der Waals surface area contributed by atoms with Gasteiger partial charge in [-0.1, -0.05) is 128 Å². The zero-order valence-corrected chi connectivity index (χ0v) is 21.0. The van der Waals surface area contributed by atoms with E-state index < -0.39 is 28.1 Å². The van der Waals surface area contributed by atoms with Gasteiger partial charge in [-0.25, -0.2) is 0 Å². The molecule has 2 nitrogen and oxygen atoms in total. The van der Waals surface area contributed by atoms with E-state index in [1.807, 2.05) is 86.6 Å². The van der Waals surface area contributed by atoms with Crippen molar-refractivity contribution < 1.29 is 9.59 Å². The summed E-state index contributed by atoms with van der Waals surface area (Å²) < 4.78 is 0. The first-order chi connectivity index (χ1) is 18.0. The van der Waals surface area contributed by atoms with Crippen molar-refractivity contribution in [3.63, 3.8) is 0 Å². The van der Waals surface area contributed by atoms with Crippen LogP contribution in [0.5, 0.6) is 0 Å². The first kappa shape index (κ1) is 22.2. The minimum Gasteiger partial charge on any atom is -0.298 e. The molecule has 0 bridgehead atoms. The maximum absolute atomic E-state index is 14.8. The van der Waals surface area contributed by atoms with Crippen molar-refractivity contribution in [2.24, 2.45) is 22.7 Å². The Labute approximate surface area is 217 Å². The normalized spacial score (nSPS) is 29.2. The van der Waals surface area contributed by atoms with Gasteiger partial charge in [0.2, 0.25) is 0 Å². The number of carbonyl (C=O) groups excluding carboxylic acids is 2. The van der Waals surface area contributed by atoms with Crippen molar-refractivity contribution in [1.29, 1.82) is 0 Å². The van der Waals surface area contributed by atoms with Crippen LogP contribution in [0.3, 0.4) is 0 Å².